The predicted molar refractivity (Wildman–Crippen MR) is 58.4 cm³/mol. The van der Waals surface area contributed by atoms with E-state index in [-0.39, 0.29) is 24.4 Å². The van der Waals surface area contributed by atoms with Crippen molar-refractivity contribution in [3.05, 3.63) is 11.6 Å². The van der Waals surface area contributed by atoms with Crippen LogP contribution in [0.25, 0.3) is 0 Å². The lowest BCUT2D eigenvalue weighted by atomic mass is 9.92. The molecule has 4 heteroatoms. The molecule has 1 aliphatic carbocycles. The van der Waals surface area contributed by atoms with Crippen LogP contribution in [0.3, 0.4) is 0 Å². The highest BCUT2D eigenvalue weighted by Gasteiger charge is 2.23. The first-order valence-corrected chi connectivity index (χ1v) is 4.99. The molecule has 2 aliphatic rings. The van der Waals surface area contributed by atoms with Gasteiger partial charge in [0.2, 0.25) is 5.91 Å². The van der Waals surface area contributed by atoms with Crippen molar-refractivity contribution in [1.29, 1.82) is 0 Å². The van der Waals surface area contributed by atoms with E-state index in [9.17, 15) is 4.79 Å². The Hall–Kier alpha value is -0.540. The smallest absolute Gasteiger partial charge is 0.246 e. The molecule has 0 aromatic rings. The van der Waals surface area contributed by atoms with E-state index in [4.69, 9.17) is 5.73 Å². The fourth-order valence-electron chi connectivity index (χ4n) is 1.78. The number of hydrogen-bond acceptors (Lipinski definition) is 2. The van der Waals surface area contributed by atoms with Crippen molar-refractivity contribution < 1.29 is 4.79 Å². The molecule has 3 nitrogen and oxygen atoms in total. The fraction of sp³-hybridized carbons (Fsp3) is 0.700. The van der Waals surface area contributed by atoms with Gasteiger partial charge in [0.1, 0.15) is 0 Å². The van der Waals surface area contributed by atoms with Crippen LogP contribution in [0.15, 0.2) is 11.6 Å². The van der Waals surface area contributed by atoms with E-state index in [2.05, 4.69) is 0 Å². The SMILES string of the molecule is Cl.NC1CCN(C(=O)C=C2CCC2)C1. The van der Waals surface area contributed by atoms with Crippen molar-refractivity contribution in [2.75, 3.05) is 13.1 Å². The summed E-state index contributed by atoms with van der Waals surface area (Å²) < 4.78 is 0. The Morgan fingerprint density at radius 3 is 2.64 bits per heavy atom. The van der Waals surface area contributed by atoms with E-state index in [1.165, 1.54) is 12.0 Å². The third-order valence-corrected chi connectivity index (χ3v) is 2.86. The molecule has 0 spiro atoms. The maximum Gasteiger partial charge on any atom is 0.246 e. The number of rotatable bonds is 1. The van der Waals surface area contributed by atoms with Gasteiger partial charge in [0.15, 0.2) is 0 Å². The molecule has 1 aliphatic heterocycles. The molecule has 1 saturated heterocycles. The number of likely N-dealkylation sites (tertiary alicyclic amines) is 1. The molecule has 1 atom stereocenters. The van der Waals surface area contributed by atoms with Crippen LogP contribution in [0.1, 0.15) is 25.7 Å². The van der Waals surface area contributed by atoms with Crippen molar-refractivity contribution in [1.82, 2.24) is 4.90 Å². The fourth-order valence-corrected chi connectivity index (χ4v) is 1.78. The number of carbonyl (C=O) groups is 1. The van der Waals surface area contributed by atoms with Gasteiger partial charge in [-0.3, -0.25) is 4.79 Å². The predicted octanol–water partition coefficient (Wildman–Crippen LogP) is 1.08. The van der Waals surface area contributed by atoms with Gasteiger partial charge >= 0.3 is 0 Å². The van der Waals surface area contributed by atoms with E-state index in [0.29, 0.717) is 0 Å². The minimum absolute atomic E-state index is 0. The highest BCUT2D eigenvalue weighted by atomic mass is 35.5. The van der Waals surface area contributed by atoms with E-state index in [0.717, 1.165) is 32.4 Å². The van der Waals surface area contributed by atoms with Crippen molar-refractivity contribution in [3.8, 4) is 0 Å². The van der Waals surface area contributed by atoms with Crippen LogP contribution >= 0.6 is 12.4 Å². The van der Waals surface area contributed by atoms with Gasteiger partial charge in [-0.2, -0.15) is 0 Å². The summed E-state index contributed by atoms with van der Waals surface area (Å²) in [6.45, 7) is 1.58. The Labute approximate surface area is 90.7 Å². The number of carbonyl (C=O) groups excluding carboxylic acids is 1. The number of allylic oxidation sites excluding steroid dienone is 1. The van der Waals surface area contributed by atoms with Gasteiger partial charge in [0.05, 0.1) is 0 Å². The third kappa shape index (κ3) is 2.49. The van der Waals surface area contributed by atoms with Gasteiger partial charge < -0.3 is 10.6 Å². The van der Waals surface area contributed by atoms with Gasteiger partial charge in [-0.15, -0.1) is 12.4 Å². The zero-order valence-corrected chi connectivity index (χ0v) is 9.05. The second kappa shape index (κ2) is 4.80. The molecule has 1 unspecified atom stereocenters. The lowest BCUT2D eigenvalue weighted by molar-refractivity contribution is -0.125. The van der Waals surface area contributed by atoms with E-state index < -0.39 is 0 Å². The summed E-state index contributed by atoms with van der Waals surface area (Å²) in [6.07, 6.45) is 6.24. The Kier molecular flexibility index (Phi) is 3.96. The molecule has 14 heavy (non-hydrogen) atoms. The van der Waals surface area contributed by atoms with E-state index in [1.807, 2.05) is 11.0 Å². The second-order valence-corrected chi connectivity index (χ2v) is 3.99. The Morgan fingerprint density at radius 2 is 2.21 bits per heavy atom. The number of halogens is 1. The Morgan fingerprint density at radius 1 is 1.50 bits per heavy atom. The number of nitrogens with two attached hydrogens (primary N) is 1. The quantitative estimate of drug-likeness (QED) is 0.667. The van der Waals surface area contributed by atoms with Crippen LogP contribution in [0.5, 0.6) is 0 Å². The van der Waals surface area contributed by atoms with Crippen LogP contribution in [0.4, 0.5) is 0 Å². The molecular formula is C10H17ClN2O. The molecule has 80 valence electrons. The first-order chi connectivity index (χ1) is 6.25. The molecule has 0 aromatic carbocycles. The maximum atomic E-state index is 11.6. The molecule has 2 rings (SSSR count). The summed E-state index contributed by atoms with van der Waals surface area (Å²) in [5.74, 6) is 0.169. The first kappa shape index (κ1) is 11.5. The molecular weight excluding hydrogens is 200 g/mol. The normalized spacial score (nSPS) is 25.4. The van der Waals surface area contributed by atoms with Crippen LogP contribution in [-0.4, -0.2) is 29.9 Å². The van der Waals surface area contributed by atoms with Crippen LogP contribution < -0.4 is 5.73 Å². The topological polar surface area (TPSA) is 46.3 Å². The van der Waals surface area contributed by atoms with Crippen LogP contribution in [-0.2, 0) is 4.79 Å². The van der Waals surface area contributed by atoms with Gasteiger partial charge in [-0.1, -0.05) is 5.57 Å². The average molecular weight is 217 g/mol. The molecule has 2 fully saturated rings. The van der Waals surface area contributed by atoms with Gasteiger partial charge in [-0.25, -0.2) is 0 Å². The van der Waals surface area contributed by atoms with E-state index >= 15 is 0 Å². The zero-order valence-electron chi connectivity index (χ0n) is 8.24. The minimum atomic E-state index is 0. The minimum Gasteiger partial charge on any atom is -0.338 e. The third-order valence-electron chi connectivity index (χ3n) is 2.86. The largest absolute Gasteiger partial charge is 0.338 e. The zero-order chi connectivity index (χ0) is 9.26. The molecule has 1 heterocycles. The van der Waals surface area contributed by atoms with Gasteiger partial charge in [0, 0.05) is 25.2 Å². The standard InChI is InChI=1S/C10H16N2O.ClH/c11-9-4-5-12(7-9)10(13)6-8-2-1-3-8;/h6,9H,1-5,7,11H2;1H. The van der Waals surface area contributed by atoms with Crippen molar-refractivity contribution >= 4 is 18.3 Å². The summed E-state index contributed by atoms with van der Waals surface area (Å²) in [5, 5.41) is 0. The van der Waals surface area contributed by atoms with Crippen molar-refractivity contribution in [2.45, 2.75) is 31.7 Å². The van der Waals surface area contributed by atoms with Gasteiger partial charge in [0.25, 0.3) is 0 Å². The van der Waals surface area contributed by atoms with Crippen LogP contribution in [0.2, 0.25) is 0 Å². The number of hydrogen-bond donors (Lipinski definition) is 1. The Bertz CT molecular complexity index is 247. The highest BCUT2D eigenvalue weighted by Crippen LogP contribution is 2.25. The summed E-state index contributed by atoms with van der Waals surface area (Å²) in [6, 6.07) is 0.198. The summed E-state index contributed by atoms with van der Waals surface area (Å²) in [4.78, 5) is 13.4. The summed E-state index contributed by atoms with van der Waals surface area (Å²) in [5.41, 5.74) is 7.04. The maximum absolute atomic E-state index is 11.6. The lowest BCUT2D eigenvalue weighted by Crippen LogP contribution is -2.31. The average Bonchev–Trinajstić information content (AvgIpc) is 2.44. The summed E-state index contributed by atoms with van der Waals surface area (Å²) in [7, 11) is 0. The molecule has 2 N–H and O–H groups in total. The van der Waals surface area contributed by atoms with Crippen LogP contribution in [0, 0.1) is 0 Å². The molecule has 0 aromatic heterocycles. The van der Waals surface area contributed by atoms with Crippen molar-refractivity contribution in [2.24, 2.45) is 5.73 Å². The monoisotopic (exact) mass is 216 g/mol. The van der Waals surface area contributed by atoms with Gasteiger partial charge in [-0.05, 0) is 25.7 Å². The Balaban J connectivity index is 0.000000980. The highest BCUT2D eigenvalue weighted by molar-refractivity contribution is 5.88. The second-order valence-electron chi connectivity index (χ2n) is 3.99. The number of nitrogens with zero attached hydrogens (tertiary/aromatic N) is 1. The van der Waals surface area contributed by atoms with Crippen molar-refractivity contribution in [3.63, 3.8) is 0 Å². The summed E-state index contributed by atoms with van der Waals surface area (Å²) >= 11 is 0. The molecule has 1 saturated carbocycles. The molecule has 0 radical (unpaired) electrons. The lowest BCUT2D eigenvalue weighted by Gasteiger charge is -2.18. The molecule has 0 bridgehead atoms. The number of amides is 1. The first-order valence-electron chi connectivity index (χ1n) is 4.99. The van der Waals surface area contributed by atoms with E-state index in [1.54, 1.807) is 0 Å². The molecule has 1 amide bonds.